The zero-order chi connectivity index (χ0) is 14.7. The number of nitrogens with two attached hydrogens (primary N) is 1. The van der Waals surface area contributed by atoms with Crippen LogP contribution in [0.2, 0.25) is 5.02 Å². The fraction of sp³-hybridized carbons (Fsp3) is 0.188. The Kier molecular flexibility index (Phi) is 4.63. The fourth-order valence-electron chi connectivity index (χ4n) is 1.94. The summed E-state index contributed by atoms with van der Waals surface area (Å²) < 4.78 is 5.90. The second-order valence-electron chi connectivity index (χ2n) is 4.57. The molecule has 0 fully saturated rings. The number of hydrogen-bond acceptors (Lipinski definition) is 2. The third kappa shape index (κ3) is 3.30. The smallest absolute Gasteiger partial charge is 0.137 e. The summed E-state index contributed by atoms with van der Waals surface area (Å²) in [7, 11) is 0. The monoisotopic (exact) mass is 305 g/mol. The van der Waals surface area contributed by atoms with Crippen molar-refractivity contribution in [1.82, 2.24) is 0 Å². The van der Waals surface area contributed by atoms with Gasteiger partial charge >= 0.3 is 0 Å². The van der Waals surface area contributed by atoms with E-state index in [-0.39, 0.29) is 0 Å². The number of ether oxygens (including phenoxy) is 1. The van der Waals surface area contributed by atoms with Crippen molar-refractivity contribution in [2.45, 2.75) is 20.3 Å². The molecule has 0 amide bonds. The number of thiocarbonyl (C=S) groups is 1. The number of rotatable bonds is 4. The van der Waals surface area contributed by atoms with Gasteiger partial charge in [0.05, 0.1) is 5.56 Å². The first-order valence-electron chi connectivity index (χ1n) is 6.38. The van der Waals surface area contributed by atoms with Gasteiger partial charge in [0.2, 0.25) is 0 Å². The number of benzene rings is 2. The van der Waals surface area contributed by atoms with Gasteiger partial charge in [-0.05, 0) is 49.2 Å². The first-order valence-corrected chi connectivity index (χ1v) is 7.16. The molecule has 0 radical (unpaired) electrons. The van der Waals surface area contributed by atoms with Crippen molar-refractivity contribution >= 4 is 28.8 Å². The minimum atomic E-state index is 0.327. The van der Waals surface area contributed by atoms with Gasteiger partial charge in [0.1, 0.15) is 16.5 Å². The van der Waals surface area contributed by atoms with Gasteiger partial charge in [0, 0.05) is 5.02 Å². The van der Waals surface area contributed by atoms with Crippen LogP contribution in [0.1, 0.15) is 23.6 Å². The van der Waals surface area contributed by atoms with Gasteiger partial charge in [-0.2, -0.15) is 0 Å². The quantitative estimate of drug-likeness (QED) is 0.836. The van der Waals surface area contributed by atoms with Gasteiger partial charge in [-0.25, -0.2) is 0 Å². The van der Waals surface area contributed by atoms with E-state index in [0.717, 1.165) is 33.9 Å². The van der Waals surface area contributed by atoms with E-state index in [4.69, 9.17) is 34.3 Å². The number of aryl methyl sites for hydroxylation is 2. The highest BCUT2D eigenvalue weighted by atomic mass is 35.5. The highest BCUT2D eigenvalue weighted by Gasteiger charge is 2.09. The third-order valence-electron chi connectivity index (χ3n) is 3.03. The minimum absolute atomic E-state index is 0.327. The Morgan fingerprint density at radius 2 is 2.00 bits per heavy atom. The summed E-state index contributed by atoms with van der Waals surface area (Å²) in [4.78, 5) is 0.327. The fourth-order valence-corrected chi connectivity index (χ4v) is 2.35. The lowest BCUT2D eigenvalue weighted by Gasteiger charge is -2.12. The molecule has 0 saturated carbocycles. The predicted molar refractivity (Wildman–Crippen MR) is 88.0 cm³/mol. The van der Waals surface area contributed by atoms with Gasteiger partial charge in [-0.1, -0.05) is 42.4 Å². The van der Waals surface area contributed by atoms with Crippen LogP contribution in [-0.2, 0) is 6.42 Å². The molecule has 0 aliphatic carbocycles. The molecule has 0 aromatic heterocycles. The summed E-state index contributed by atoms with van der Waals surface area (Å²) >= 11 is 11.2. The molecule has 2 rings (SSSR count). The molecule has 0 aliphatic heterocycles. The normalized spacial score (nSPS) is 10.3. The van der Waals surface area contributed by atoms with Gasteiger partial charge in [-0.3, -0.25) is 0 Å². The Morgan fingerprint density at radius 1 is 1.25 bits per heavy atom. The van der Waals surface area contributed by atoms with Gasteiger partial charge < -0.3 is 10.5 Å². The first kappa shape index (κ1) is 14.8. The van der Waals surface area contributed by atoms with Crippen LogP contribution in [0, 0.1) is 6.92 Å². The molecule has 20 heavy (non-hydrogen) atoms. The Morgan fingerprint density at radius 3 is 2.65 bits per heavy atom. The van der Waals surface area contributed by atoms with Crippen LogP contribution in [0.25, 0.3) is 0 Å². The maximum absolute atomic E-state index is 6.11. The molecule has 2 nitrogen and oxygen atoms in total. The Labute approximate surface area is 129 Å². The van der Waals surface area contributed by atoms with E-state index in [1.54, 1.807) is 0 Å². The Hall–Kier alpha value is -1.58. The predicted octanol–water partition coefficient (Wildman–Crippen LogP) is 4.64. The highest BCUT2D eigenvalue weighted by Crippen LogP contribution is 2.29. The summed E-state index contributed by atoms with van der Waals surface area (Å²) in [6.07, 6.45) is 0.853. The zero-order valence-corrected chi connectivity index (χ0v) is 13.0. The van der Waals surface area contributed by atoms with Crippen LogP contribution >= 0.6 is 23.8 Å². The van der Waals surface area contributed by atoms with Gasteiger partial charge in [0.15, 0.2) is 0 Å². The molecule has 0 aliphatic rings. The van der Waals surface area contributed by atoms with Crippen LogP contribution in [0.3, 0.4) is 0 Å². The molecule has 0 bridgehead atoms. The number of halogens is 1. The Bertz CT molecular complexity index is 655. The summed E-state index contributed by atoms with van der Waals surface area (Å²) in [5.41, 5.74) is 8.63. The van der Waals surface area contributed by atoms with Crippen LogP contribution in [0.4, 0.5) is 0 Å². The van der Waals surface area contributed by atoms with Gasteiger partial charge in [0.25, 0.3) is 0 Å². The van der Waals surface area contributed by atoms with E-state index in [1.165, 1.54) is 0 Å². The summed E-state index contributed by atoms with van der Waals surface area (Å²) in [5, 5.41) is 0.748. The molecular weight excluding hydrogens is 290 g/mol. The van der Waals surface area contributed by atoms with E-state index < -0.39 is 0 Å². The number of hydrogen-bond donors (Lipinski definition) is 1. The molecule has 0 saturated heterocycles. The summed E-state index contributed by atoms with van der Waals surface area (Å²) in [5.74, 6) is 1.39. The minimum Gasteiger partial charge on any atom is -0.457 e. The van der Waals surface area contributed by atoms with Crippen molar-refractivity contribution in [3.63, 3.8) is 0 Å². The van der Waals surface area contributed by atoms with Crippen molar-refractivity contribution < 1.29 is 4.74 Å². The molecule has 0 heterocycles. The van der Waals surface area contributed by atoms with E-state index in [0.29, 0.717) is 10.7 Å². The Balaban J connectivity index is 2.37. The standard InChI is InChI=1S/C16H16ClNOS/c1-3-11-9-12(5-6-14(11)17)19-15-7-4-10(2)8-13(15)16(18)20/h4-9H,3H2,1-2H3,(H2,18,20). The van der Waals surface area contributed by atoms with Crippen LogP contribution in [-0.4, -0.2) is 4.99 Å². The molecule has 0 spiro atoms. The summed E-state index contributed by atoms with van der Waals surface area (Å²) in [6.45, 7) is 4.04. The third-order valence-corrected chi connectivity index (χ3v) is 3.62. The lowest BCUT2D eigenvalue weighted by molar-refractivity contribution is 0.481. The molecule has 2 N–H and O–H groups in total. The van der Waals surface area contributed by atoms with Crippen LogP contribution < -0.4 is 10.5 Å². The molecule has 2 aromatic carbocycles. The average molecular weight is 306 g/mol. The van der Waals surface area contributed by atoms with Crippen molar-refractivity contribution in [1.29, 1.82) is 0 Å². The SMILES string of the molecule is CCc1cc(Oc2ccc(C)cc2C(N)=S)ccc1Cl. The largest absolute Gasteiger partial charge is 0.457 e. The van der Waals surface area contributed by atoms with Crippen molar-refractivity contribution in [3.8, 4) is 11.5 Å². The van der Waals surface area contributed by atoms with E-state index in [1.807, 2.05) is 43.3 Å². The second-order valence-corrected chi connectivity index (χ2v) is 5.42. The van der Waals surface area contributed by atoms with Crippen molar-refractivity contribution in [2.24, 2.45) is 5.73 Å². The average Bonchev–Trinajstić information content (AvgIpc) is 2.42. The topological polar surface area (TPSA) is 35.2 Å². The van der Waals surface area contributed by atoms with Crippen molar-refractivity contribution in [2.75, 3.05) is 0 Å². The van der Waals surface area contributed by atoms with Crippen LogP contribution in [0.5, 0.6) is 11.5 Å². The molecule has 0 atom stereocenters. The lowest BCUT2D eigenvalue weighted by atomic mass is 10.1. The van der Waals surface area contributed by atoms with E-state index >= 15 is 0 Å². The van der Waals surface area contributed by atoms with Crippen LogP contribution in [0.15, 0.2) is 36.4 Å². The molecule has 104 valence electrons. The molecular formula is C16H16ClNOS. The highest BCUT2D eigenvalue weighted by molar-refractivity contribution is 7.80. The van der Waals surface area contributed by atoms with Crippen molar-refractivity contribution in [3.05, 3.63) is 58.1 Å². The van der Waals surface area contributed by atoms with E-state index in [2.05, 4.69) is 6.92 Å². The second kappa shape index (κ2) is 6.25. The van der Waals surface area contributed by atoms with Gasteiger partial charge in [-0.15, -0.1) is 0 Å². The van der Waals surface area contributed by atoms with E-state index in [9.17, 15) is 0 Å². The molecule has 2 aromatic rings. The zero-order valence-electron chi connectivity index (χ0n) is 11.4. The maximum atomic E-state index is 6.11. The first-order chi connectivity index (χ1) is 9.51. The summed E-state index contributed by atoms with van der Waals surface area (Å²) in [6, 6.07) is 11.4. The lowest BCUT2D eigenvalue weighted by Crippen LogP contribution is -2.11. The maximum Gasteiger partial charge on any atom is 0.137 e. The molecule has 0 unspecified atom stereocenters. The molecule has 4 heteroatoms.